The number of halogens is 1. The average molecular weight is 407 g/mol. The van der Waals surface area contributed by atoms with E-state index in [1.54, 1.807) is 6.07 Å². The Morgan fingerprint density at radius 3 is 2.80 bits per heavy atom. The zero-order valence-electron chi connectivity index (χ0n) is 13.1. The van der Waals surface area contributed by atoms with Crippen LogP contribution >= 0.6 is 15.9 Å². The molecule has 0 spiro atoms. The van der Waals surface area contributed by atoms with Gasteiger partial charge in [0.2, 0.25) is 0 Å². The lowest BCUT2D eigenvalue weighted by Crippen LogP contribution is -2.24. The Hall–Kier alpha value is -2.94. The molecule has 0 aromatic heterocycles. The third-order valence-electron chi connectivity index (χ3n) is 3.04. The summed E-state index contributed by atoms with van der Waals surface area (Å²) in [5.74, 6) is -0.477. The summed E-state index contributed by atoms with van der Waals surface area (Å²) in [7, 11) is 0. The molecule has 0 radical (unpaired) electrons. The highest BCUT2D eigenvalue weighted by Gasteiger charge is 2.07. The van der Waals surface area contributed by atoms with E-state index in [0.717, 1.165) is 34.4 Å². The first-order valence-corrected chi connectivity index (χ1v) is 7.82. The number of hydrogen-bond donors (Lipinski definition) is 1. The van der Waals surface area contributed by atoms with Crippen LogP contribution in [0, 0.1) is 17.0 Å². The number of nitro groups is 1. The van der Waals surface area contributed by atoms with Crippen molar-refractivity contribution in [2.24, 2.45) is 5.10 Å². The van der Waals surface area contributed by atoms with Crippen LogP contribution in [0.5, 0.6) is 11.5 Å². The maximum Gasteiger partial charge on any atom is 0.277 e. The highest BCUT2D eigenvalue weighted by Crippen LogP contribution is 2.25. The highest BCUT2D eigenvalue weighted by atomic mass is 79.9. The van der Waals surface area contributed by atoms with E-state index in [0.29, 0.717) is 5.75 Å². The molecule has 8 nitrogen and oxygen atoms in total. The summed E-state index contributed by atoms with van der Waals surface area (Å²) in [5, 5.41) is 25.9. The van der Waals surface area contributed by atoms with E-state index in [9.17, 15) is 20.0 Å². The molecule has 0 unspecified atom stereocenters. The number of nitrogens with one attached hydrogen (secondary N) is 1. The van der Waals surface area contributed by atoms with Crippen molar-refractivity contribution in [3.63, 3.8) is 0 Å². The van der Waals surface area contributed by atoms with Crippen LogP contribution in [-0.4, -0.2) is 23.7 Å². The largest absolute Gasteiger partial charge is 0.872 e. The molecule has 0 atom stereocenters. The number of carbonyl (C=O) groups excluding carboxylic acids is 1. The summed E-state index contributed by atoms with van der Waals surface area (Å²) in [4.78, 5) is 21.8. The molecule has 0 heterocycles. The Balaban J connectivity index is 1.92. The molecule has 0 aliphatic heterocycles. The van der Waals surface area contributed by atoms with Gasteiger partial charge in [-0.1, -0.05) is 17.9 Å². The second-order valence-corrected chi connectivity index (χ2v) is 5.85. The van der Waals surface area contributed by atoms with Crippen LogP contribution in [0.4, 0.5) is 5.69 Å². The minimum Gasteiger partial charge on any atom is -0.872 e. The number of amides is 1. The molecule has 25 heavy (non-hydrogen) atoms. The minimum absolute atomic E-state index is 0.00306. The molecular weight excluding hydrogens is 394 g/mol. The van der Waals surface area contributed by atoms with Crippen LogP contribution in [0.25, 0.3) is 0 Å². The Morgan fingerprint density at radius 1 is 1.36 bits per heavy atom. The molecule has 1 N–H and O–H groups in total. The molecule has 0 bridgehead atoms. The fourth-order valence-electron chi connectivity index (χ4n) is 1.82. The van der Waals surface area contributed by atoms with Crippen molar-refractivity contribution >= 4 is 33.7 Å². The van der Waals surface area contributed by atoms with E-state index < -0.39 is 16.6 Å². The Kier molecular flexibility index (Phi) is 6.07. The van der Waals surface area contributed by atoms with Crippen LogP contribution in [-0.2, 0) is 4.79 Å². The van der Waals surface area contributed by atoms with Crippen molar-refractivity contribution in [1.82, 2.24) is 5.43 Å². The fourth-order valence-corrected chi connectivity index (χ4v) is 2.43. The summed E-state index contributed by atoms with van der Waals surface area (Å²) in [6.07, 6.45) is 1.05. The number of non-ortho nitro benzene ring substituents is 1. The van der Waals surface area contributed by atoms with Crippen LogP contribution in [0.2, 0.25) is 0 Å². The van der Waals surface area contributed by atoms with E-state index in [1.165, 1.54) is 0 Å². The van der Waals surface area contributed by atoms with Crippen molar-refractivity contribution < 1.29 is 19.6 Å². The summed E-state index contributed by atoms with van der Waals surface area (Å²) < 4.78 is 6.07. The molecular formula is C16H13BrN3O5-. The maximum absolute atomic E-state index is 11.7. The van der Waals surface area contributed by atoms with Crippen LogP contribution in [0.3, 0.4) is 0 Å². The molecule has 9 heteroatoms. The summed E-state index contributed by atoms with van der Waals surface area (Å²) in [6, 6.07) is 8.67. The predicted octanol–water partition coefficient (Wildman–Crippen LogP) is 2.27. The number of carbonyl (C=O) groups is 1. The Morgan fingerprint density at radius 2 is 2.12 bits per heavy atom. The van der Waals surface area contributed by atoms with Gasteiger partial charge in [0.25, 0.3) is 11.6 Å². The van der Waals surface area contributed by atoms with Crippen molar-refractivity contribution in [3.05, 3.63) is 62.1 Å². The van der Waals surface area contributed by atoms with E-state index in [2.05, 4.69) is 26.5 Å². The van der Waals surface area contributed by atoms with Crippen molar-refractivity contribution in [3.8, 4) is 11.5 Å². The lowest BCUT2D eigenvalue weighted by atomic mass is 10.2. The number of nitro benzene ring substituents is 1. The van der Waals surface area contributed by atoms with Crippen molar-refractivity contribution in [2.45, 2.75) is 6.92 Å². The monoisotopic (exact) mass is 406 g/mol. The Labute approximate surface area is 151 Å². The number of hydrazone groups is 1. The summed E-state index contributed by atoms with van der Waals surface area (Å²) in [6.45, 7) is 1.65. The number of aryl methyl sites for hydroxylation is 1. The zero-order chi connectivity index (χ0) is 18.4. The number of nitrogens with zero attached hydrogens (tertiary/aromatic N) is 2. The molecule has 0 saturated carbocycles. The summed E-state index contributed by atoms with van der Waals surface area (Å²) in [5.41, 5.74) is 2.99. The number of rotatable bonds is 6. The fraction of sp³-hybridized carbons (Fsp3) is 0.125. The van der Waals surface area contributed by atoms with E-state index >= 15 is 0 Å². The van der Waals surface area contributed by atoms with Gasteiger partial charge in [0.15, 0.2) is 6.61 Å². The Bertz CT molecular complexity index is 839. The third kappa shape index (κ3) is 5.28. The van der Waals surface area contributed by atoms with Gasteiger partial charge in [0.1, 0.15) is 5.75 Å². The first-order chi connectivity index (χ1) is 11.9. The molecule has 0 aliphatic carbocycles. The van der Waals surface area contributed by atoms with Gasteiger partial charge in [0.05, 0.1) is 15.6 Å². The molecule has 1 amide bonds. The molecule has 0 aliphatic rings. The van der Waals surface area contributed by atoms with Gasteiger partial charge >= 0.3 is 0 Å². The van der Waals surface area contributed by atoms with Crippen LogP contribution in [0.1, 0.15) is 11.1 Å². The first-order valence-electron chi connectivity index (χ1n) is 7.03. The van der Waals surface area contributed by atoms with Gasteiger partial charge in [-0.3, -0.25) is 14.9 Å². The number of hydrogen-bond acceptors (Lipinski definition) is 6. The smallest absolute Gasteiger partial charge is 0.277 e. The van der Waals surface area contributed by atoms with Crippen LogP contribution < -0.4 is 15.3 Å². The van der Waals surface area contributed by atoms with E-state index in [4.69, 9.17) is 4.74 Å². The van der Waals surface area contributed by atoms with Gasteiger partial charge in [0, 0.05) is 12.1 Å². The number of benzene rings is 2. The van der Waals surface area contributed by atoms with Gasteiger partial charge in [-0.25, -0.2) is 5.43 Å². The second-order valence-electron chi connectivity index (χ2n) is 4.99. The van der Waals surface area contributed by atoms with Crippen LogP contribution in [0.15, 0.2) is 46.0 Å². The second kappa shape index (κ2) is 8.25. The SMILES string of the molecule is Cc1ccc(OCC(=O)N/N=C\c2cc([N+](=O)[O-])ccc2[O-])c(Br)c1. The molecule has 2 rings (SSSR count). The lowest BCUT2D eigenvalue weighted by Gasteiger charge is -2.09. The van der Waals surface area contributed by atoms with Gasteiger partial charge in [-0.2, -0.15) is 5.10 Å². The lowest BCUT2D eigenvalue weighted by molar-refractivity contribution is -0.385. The van der Waals surface area contributed by atoms with E-state index in [1.807, 2.05) is 19.1 Å². The molecule has 2 aromatic rings. The number of ether oxygens (including phenoxy) is 1. The average Bonchev–Trinajstić information content (AvgIpc) is 2.55. The topological polar surface area (TPSA) is 117 Å². The normalized spacial score (nSPS) is 10.6. The predicted molar refractivity (Wildman–Crippen MR) is 92.7 cm³/mol. The molecule has 130 valence electrons. The van der Waals surface area contributed by atoms with Gasteiger partial charge in [-0.15, -0.1) is 0 Å². The van der Waals surface area contributed by atoms with Gasteiger partial charge in [-0.05, 0) is 46.1 Å². The molecule has 2 aromatic carbocycles. The van der Waals surface area contributed by atoms with E-state index in [-0.39, 0.29) is 17.9 Å². The molecule has 0 saturated heterocycles. The maximum atomic E-state index is 11.7. The van der Waals surface area contributed by atoms with Gasteiger partial charge < -0.3 is 9.84 Å². The highest BCUT2D eigenvalue weighted by molar-refractivity contribution is 9.10. The minimum atomic E-state index is -0.622. The summed E-state index contributed by atoms with van der Waals surface area (Å²) >= 11 is 3.33. The third-order valence-corrected chi connectivity index (χ3v) is 3.66. The quantitative estimate of drug-likeness (QED) is 0.448. The van der Waals surface area contributed by atoms with Crippen molar-refractivity contribution in [2.75, 3.05) is 6.61 Å². The first kappa shape index (κ1) is 18.4. The van der Waals surface area contributed by atoms with Crippen molar-refractivity contribution in [1.29, 1.82) is 0 Å². The zero-order valence-corrected chi connectivity index (χ0v) is 14.6. The molecule has 0 fully saturated rings. The standard InChI is InChI=1S/C16H14BrN3O5/c1-10-2-5-15(13(17)6-10)25-9-16(22)19-18-8-11-7-12(20(23)24)3-4-14(11)21/h2-8,21H,9H2,1H3,(H,19,22)/p-1/b18-8-.